The Hall–Kier alpha value is -2.29. The molecule has 0 aliphatic carbocycles. The van der Waals surface area contributed by atoms with E-state index in [0.717, 1.165) is 18.4 Å². The summed E-state index contributed by atoms with van der Waals surface area (Å²) < 4.78 is 5.64. The first-order valence-electron chi connectivity index (χ1n) is 9.54. The van der Waals surface area contributed by atoms with Crippen LogP contribution in [0.4, 0.5) is 4.79 Å². The second kappa shape index (κ2) is 7.94. The zero-order valence-electron chi connectivity index (χ0n) is 16.2. The summed E-state index contributed by atoms with van der Waals surface area (Å²) in [5.41, 5.74) is 5.03. The van der Waals surface area contributed by atoms with Crippen LogP contribution in [0.15, 0.2) is 48.5 Å². The van der Waals surface area contributed by atoms with Gasteiger partial charge in [0.1, 0.15) is 6.10 Å². The summed E-state index contributed by atoms with van der Waals surface area (Å²) in [6.45, 7) is 9.20. The molecule has 1 aliphatic rings. The fourth-order valence-corrected chi connectivity index (χ4v) is 3.70. The monoisotopic (exact) mass is 351 g/mol. The molecule has 1 heterocycles. The normalized spacial score (nSPS) is 19.3. The number of ether oxygens (including phenoxy) is 1. The van der Waals surface area contributed by atoms with E-state index in [4.69, 9.17) is 4.74 Å². The van der Waals surface area contributed by atoms with Gasteiger partial charge < -0.3 is 4.74 Å². The molecule has 0 aromatic heterocycles. The molecule has 1 aliphatic heterocycles. The Bertz CT molecular complexity index is 770. The van der Waals surface area contributed by atoms with Crippen molar-refractivity contribution in [1.82, 2.24) is 4.90 Å². The number of hydrogen-bond acceptors (Lipinski definition) is 2. The van der Waals surface area contributed by atoms with Crippen molar-refractivity contribution in [3.63, 3.8) is 0 Å². The van der Waals surface area contributed by atoms with Gasteiger partial charge in [-0.2, -0.15) is 0 Å². The van der Waals surface area contributed by atoms with Crippen LogP contribution in [0.1, 0.15) is 60.9 Å². The minimum atomic E-state index is -0.188. The minimum Gasteiger partial charge on any atom is -0.444 e. The maximum absolute atomic E-state index is 12.3. The highest BCUT2D eigenvalue weighted by atomic mass is 16.6. The Balaban J connectivity index is 1.57. The van der Waals surface area contributed by atoms with Gasteiger partial charge >= 0.3 is 6.09 Å². The number of benzene rings is 2. The van der Waals surface area contributed by atoms with Crippen molar-refractivity contribution >= 4 is 6.09 Å². The highest BCUT2D eigenvalue weighted by molar-refractivity contribution is 5.70. The molecule has 3 rings (SSSR count). The topological polar surface area (TPSA) is 29.5 Å². The molecule has 2 aromatic rings. The first-order valence-corrected chi connectivity index (χ1v) is 9.54. The minimum absolute atomic E-state index is 0.0120. The molecule has 0 unspecified atom stereocenters. The van der Waals surface area contributed by atoms with E-state index in [-0.39, 0.29) is 18.2 Å². The molecule has 2 aromatic carbocycles. The second-order valence-electron chi connectivity index (χ2n) is 7.64. The molecule has 1 amide bonds. The predicted octanol–water partition coefficient (Wildman–Crippen LogP) is 5.77. The van der Waals surface area contributed by atoms with Crippen LogP contribution in [-0.4, -0.2) is 23.6 Å². The summed E-state index contributed by atoms with van der Waals surface area (Å²) >= 11 is 0. The predicted molar refractivity (Wildman–Crippen MR) is 105 cm³/mol. The molecule has 1 saturated heterocycles. The average molecular weight is 351 g/mol. The summed E-state index contributed by atoms with van der Waals surface area (Å²) in [4.78, 5) is 14.2. The van der Waals surface area contributed by atoms with Crippen LogP contribution in [0.25, 0.3) is 0 Å². The Morgan fingerprint density at radius 3 is 2.31 bits per heavy atom. The van der Waals surface area contributed by atoms with Crippen LogP contribution in [0.3, 0.4) is 0 Å². The zero-order valence-corrected chi connectivity index (χ0v) is 16.2. The van der Waals surface area contributed by atoms with Crippen LogP contribution in [0.5, 0.6) is 0 Å². The highest BCUT2D eigenvalue weighted by Gasteiger charge is 2.34. The van der Waals surface area contributed by atoms with E-state index in [1.807, 2.05) is 11.0 Å². The first kappa shape index (κ1) is 18.5. The molecule has 3 heteroatoms. The molecule has 138 valence electrons. The van der Waals surface area contributed by atoms with E-state index in [1.165, 1.54) is 16.7 Å². The van der Waals surface area contributed by atoms with Gasteiger partial charge in [0.15, 0.2) is 0 Å². The lowest BCUT2D eigenvalue weighted by Gasteiger charge is -2.22. The van der Waals surface area contributed by atoms with Gasteiger partial charge in [0.05, 0.1) is 12.6 Å². The Kier molecular flexibility index (Phi) is 5.65. The second-order valence-corrected chi connectivity index (χ2v) is 7.64. The van der Waals surface area contributed by atoms with Crippen molar-refractivity contribution in [1.29, 1.82) is 0 Å². The standard InChI is InChI=1S/C23H29NO2/c1-16-7-5-9-20(13-16)18(3)11-12-22-15-24(23(25)26-22)19(4)21-10-6-8-17(2)14-21/h5-10,13-14,18-19,22H,11-12,15H2,1-4H3/t18-,19+,22-/m1/s1. The fraction of sp³-hybridized carbons (Fsp3) is 0.435. The molecule has 3 atom stereocenters. The highest BCUT2D eigenvalue weighted by Crippen LogP contribution is 2.29. The fourth-order valence-electron chi connectivity index (χ4n) is 3.70. The number of aryl methyl sites for hydroxylation is 2. The lowest BCUT2D eigenvalue weighted by atomic mass is 9.93. The van der Waals surface area contributed by atoms with Crippen LogP contribution < -0.4 is 0 Å². The number of cyclic esters (lactones) is 1. The largest absolute Gasteiger partial charge is 0.444 e. The van der Waals surface area contributed by atoms with Crippen LogP contribution in [0, 0.1) is 13.8 Å². The van der Waals surface area contributed by atoms with E-state index in [0.29, 0.717) is 12.5 Å². The van der Waals surface area contributed by atoms with Crippen molar-refractivity contribution in [2.75, 3.05) is 6.54 Å². The van der Waals surface area contributed by atoms with Gasteiger partial charge in [-0.3, -0.25) is 4.90 Å². The molecule has 1 fully saturated rings. The van der Waals surface area contributed by atoms with Gasteiger partial charge in [-0.1, -0.05) is 66.6 Å². The molecular formula is C23H29NO2. The van der Waals surface area contributed by atoms with Crippen molar-refractivity contribution in [2.24, 2.45) is 0 Å². The molecule has 0 bridgehead atoms. The van der Waals surface area contributed by atoms with Crippen molar-refractivity contribution < 1.29 is 9.53 Å². The van der Waals surface area contributed by atoms with Crippen molar-refractivity contribution in [3.05, 3.63) is 70.8 Å². The van der Waals surface area contributed by atoms with E-state index in [1.54, 1.807) is 0 Å². The first-order chi connectivity index (χ1) is 12.4. The average Bonchev–Trinajstić information content (AvgIpc) is 2.99. The zero-order chi connectivity index (χ0) is 18.7. The molecule has 3 nitrogen and oxygen atoms in total. The van der Waals surface area contributed by atoms with Gasteiger partial charge in [0.2, 0.25) is 0 Å². The lowest BCUT2D eigenvalue weighted by Crippen LogP contribution is -2.28. The third kappa shape index (κ3) is 4.27. The van der Waals surface area contributed by atoms with Gasteiger partial charge in [-0.15, -0.1) is 0 Å². The molecule has 0 saturated carbocycles. The number of nitrogens with zero attached hydrogens (tertiary/aromatic N) is 1. The van der Waals surface area contributed by atoms with Crippen LogP contribution in [-0.2, 0) is 4.74 Å². The number of amides is 1. The summed E-state index contributed by atoms with van der Waals surface area (Å²) in [5, 5.41) is 0. The van der Waals surface area contributed by atoms with E-state index < -0.39 is 0 Å². The number of carbonyl (C=O) groups is 1. The van der Waals surface area contributed by atoms with Gasteiger partial charge in [-0.05, 0) is 50.7 Å². The maximum Gasteiger partial charge on any atom is 0.410 e. The Morgan fingerprint density at radius 2 is 1.65 bits per heavy atom. The van der Waals surface area contributed by atoms with Gasteiger partial charge in [0, 0.05) is 0 Å². The summed E-state index contributed by atoms with van der Waals surface area (Å²) in [7, 11) is 0. The van der Waals surface area contributed by atoms with Crippen molar-refractivity contribution in [2.45, 2.75) is 58.6 Å². The van der Waals surface area contributed by atoms with Gasteiger partial charge in [-0.25, -0.2) is 4.79 Å². The third-order valence-corrected chi connectivity index (χ3v) is 5.43. The van der Waals surface area contributed by atoms with Crippen LogP contribution >= 0.6 is 0 Å². The number of carbonyl (C=O) groups excluding carboxylic acids is 1. The lowest BCUT2D eigenvalue weighted by molar-refractivity contribution is 0.124. The summed E-state index contributed by atoms with van der Waals surface area (Å²) in [6.07, 6.45) is 1.72. The molecule has 0 radical (unpaired) electrons. The number of hydrogen-bond donors (Lipinski definition) is 0. The van der Waals surface area contributed by atoms with E-state index in [9.17, 15) is 4.79 Å². The van der Waals surface area contributed by atoms with Crippen LogP contribution in [0.2, 0.25) is 0 Å². The summed E-state index contributed by atoms with van der Waals surface area (Å²) in [5.74, 6) is 0.469. The van der Waals surface area contributed by atoms with Crippen molar-refractivity contribution in [3.8, 4) is 0 Å². The van der Waals surface area contributed by atoms with E-state index in [2.05, 4.69) is 70.2 Å². The maximum atomic E-state index is 12.3. The Morgan fingerprint density at radius 1 is 1.04 bits per heavy atom. The molecule has 26 heavy (non-hydrogen) atoms. The SMILES string of the molecule is Cc1cccc([C@H](C)CC[C@@H]2CN([C@@H](C)c3cccc(C)c3)C(=O)O2)c1. The molecule has 0 spiro atoms. The van der Waals surface area contributed by atoms with Gasteiger partial charge in [0.25, 0.3) is 0 Å². The number of rotatable bonds is 6. The smallest absolute Gasteiger partial charge is 0.410 e. The summed E-state index contributed by atoms with van der Waals surface area (Å²) in [6, 6.07) is 17.1. The van der Waals surface area contributed by atoms with E-state index >= 15 is 0 Å². The Labute approximate surface area is 157 Å². The third-order valence-electron chi connectivity index (χ3n) is 5.43. The molecule has 0 N–H and O–H groups in total. The molecular weight excluding hydrogens is 322 g/mol. The quantitative estimate of drug-likeness (QED) is 0.661.